The van der Waals surface area contributed by atoms with Crippen LogP contribution in [0.15, 0.2) is 0 Å². The summed E-state index contributed by atoms with van der Waals surface area (Å²) in [6.45, 7) is 3.62. The quantitative estimate of drug-likeness (QED) is 0.649. The van der Waals surface area contributed by atoms with Crippen molar-refractivity contribution in [1.82, 2.24) is 0 Å². The lowest BCUT2D eigenvalue weighted by molar-refractivity contribution is -0.544. The zero-order valence-corrected chi connectivity index (χ0v) is 10.3. The molecule has 3 aliphatic rings. The molecule has 2 saturated heterocycles. The van der Waals surface area contributed by atoms with Gasteiger partial charge in [-0.15, -0.1) is 0 Å². The minimum atomic E-state index is -0.460. The van der Waals surface area contributed by atoms with Crippen LogP contribution in [0.3, 0.4) is 0 Å². The molecule has 3 nitrogen and oxygen atoms in total. The van der Waals surface area contributed by atoms with Crippen LogP contribution in [-0.2, 0) is 4.74 Å². The van der Waals surface area contributed by atoms with Crippen LogP contribution in [0.5, 0.6) is 0 Å². The Kier molecular flexibility index (Phi) is 2.75. The molecular formula is C10H16NO2S2+. The highest BCUT2D eigenvalue weighted by Gasteiger charge is 2.52. The predicted octanol–water partition coefficient (Wildman–Crippen LogP) is 1.11. The van der Waals surface area contributed by atoms with Crippen molar-refractivity contribution in [3.63, 3.8) is 0 Å². The SMILES string of the molecule is OC12CCCC1SC(=[N+]1CCOCC1)S2. The topological polar surface area (TPSA) is 32.5 Å². The van der Waals surface area contributed by atoms with Gasteiger partial charge in [0.05, 0.1) is 5.25 Å². The van der Waals surface area contributed by atoms with E-state index in [1.807, 2.05) is 11.8 Å². The Morgan fingerprint density at radius 3 is 2.93 bits per heavy atom. The second-order valence-corrected chi connectivity index (χ2v) is 7.06. The number of nitrogens with zero attached hydrogens (tertiary/aromatic N) is 1. The fourth-order valence-corrected chi connectivity index (χ4v) is 5.91. The molecule has 15 heavy (non-hydrogen) atoms. The highest BCUT2D eigenvalue weighted by molar-refractivity contribution is 8.42. The van der Waals surface area contributed by atoms with Gasteiger partial charge in [0.1, 0.15) is 18.1 Å². The summed E-state index contributed by atoms with van der Waals surface area (Å²) < 4.78 is 9.04. The Morgan fingerprint density at radius 1 is 1.40 bits per heavy atom. The van der Waals surface area contributed by atoms with Crippen LogP contribution in [-0.4, -0.2) is 50.5 Å². The summed E-state index contributed by atoms with van der Waals surface area (Å²) in [5.41, 5.74) is 0. The molecule has 3 rings (SSSR count). The molecule has 84 valence electrons. The molecule has 2 unspecified atom stereocenters. The molecular weight excluding hydrogens is 230 g/mol. The molecule has 0 aromatic heterocycles. The summed E-state index contributed by atoms with van der Waals surface area (Å²) in [5, 5.41) is 10.8. The second-order valence-electron chi connectivity index (χ2n) is 4.31. The number of aliphatic hydroxyl groups is 1. The van der Waals surface area contributed by atoms with Gasteiger partial charge in [-0.05, 0) is 42.8 Å². The Bertz CT molecular complexity index is 300. The van der Waals surface area contributed by atoms with Crippen molar-refractivity contribution < 1.29 is 14.4 Å². The summed E-state index contributed by atoms with van der Waals surface area (Å²) in [5.74, 6) is 0. The fourth-order valence-electron chi connectivity index (χ4n) is 2.38. The maximum absolute atomic E-state index is 10.4. The third-order valence-corrected chi connectivity index (χ3v) is 6.61. The number of rotatable bonds is 0. The Balaban J connectivity index is 1.80. The minimum Gasteiger partial charge on any atom is -0.378 e. The van der Waals surface area contributed by atoms with Gasteiger partial charge in [0.25, 0.3) is 4.38 Å². The fraction of sp³-hybridized carbons (Fsp3) is 0.900. The van der Waals surface area contributed by atoms with Gasteiger partial charge in [-0.25, -0.2) is 4.58 Å². The van der Waals surface area contributed by atoms with E-state index in [2.05, 4.69) is 4.58 Å². The molecule has 0 radical (unpaired) electrons. The van der Waals surface area contributed by atoms with Gasteiger partial charge >= 0.3 is 0 Å². The van der Waals surface area contributed by atoms with Crippen LogP contribution in [0, 0.1) is 0 Å². The zero-order chi connectivity index (χ0) is 10.3. The molecule has 5 heteroatoms. The Hall–Kier alpha value is 0.290. The van der Waals surface area contributed by atoms with Crippen molar-refractivity contribution in [2.24, 2.45) is 0 Å². The monoisotopic (exact) mass is 246 g/mol. The minimum absolute atomic E-state index is 0.431. The van der Waals surface area contributed by atoms with E-state index >= 15 is 0 Å². The molecule has 2 atom stereocenters. The summed E-state index contributed by atoms with van der Waals surface area (Å²) in [6, 6.07) is 0. The molecule has 3 fully saturated rings. The lowest BCUT2D eigenvalue weighted by Gasteiger charge is -2.17. The van der Waals surface area contributed by atoms with Crippen LogP contribution in [0.4, 0.5) is 0 Å². The van der Waals surface area contributed by atoms with Crippen molar-refractivity contribution in [3.05, 3.63) is 0 Å². The van der Waals surface area contributed by atoms with E-state index in [9.17, 15) is 5.11 Å². The highest BCUT2D eigenvalue weighted by atomic mass is 32.2. The van der Waals surface area contributed by atoms with Gasteiger partial charge in [0.2, 0.25) is 0 Å². The first-order valence-electron chi connectivity index (χ1n) is 5.56. The summed E-state index contributed by atoms with van der Waals surface area (Å²) in [4.78, 5) is -0.460. The molecule has 0 amide bonds. The molecule has 1 aliphatic carbocycles. The summed E-state index contributed by atoms with van der Waals surface area (Å²) in [6.07, 6.45) is 3.31. The molecule has 2 aliphatic heterocycles. The molecule has 0 aromatic carbocycles. The van der Waals surface area contributed by atoms with E-state index in [0.717, 1.165) is 32.7 Å². The van der Waals surface area contributed by atoms with Gasteiger partial charge in [-0.1, -0.05) is 0 Å². The number of ether oxygens (including phenoxy) is 1. The molecule has 0 aromatic rings. The first-order chi connectivity index (χ1) is 7.28. The van der Waals surface area contributed by atoms with Gasteiger partial charge in [0.15, 0.2) is 13.1 Å². The first-order valence-corrected chi connectivity index (χ1v) is 7.25. The van der Waals surface area contributed by atoms with E-state index in [-0.39, 0.29) is 0 Å². The number of hydrogen-bond acceptors (Lipinski definition) is 4. The standard InChI is InChI=1S/C10H16NO2S2/c12-10-3-1-2-8(10)14-9(15-10)11-4-6-13-7-5-11/h8,12H,1-7H2/q+1. The van der Waals surface area contributed by atoms with Gasteiger partial charge in [-0.2, -0.15) is 0 Å². The van der Waals surface area contributed by atoms with Gasteiger partial charge in [-0.3, -0.25) is 0 Å². The maximum atomic E-state index is 10.4. The van der Waals surface area contributed by atoms with E-state index < -0.39 is 4.93 Å². The number of thioether (sulfide) groups is 2. The summed E-state index contributed by atoms with van der Waals surface area (Å²) >= 11 is 3.58. The van der Waals surface area contributed by atoms with Crippen molar-refractivity contribution in [1.29, 1.82) is 0 Å². The predicted molar refractivity (Wildman–Crippen MR) is 63.6 cm³/mol. The zero-order valence-electron chi connectivity index (χ0n) is 8.65. The average molecular weight is 246 g/mol. The van der Waals surface area contributed by atoms with E-state index in [0.29, 0.717) is 5.25 Å². The smallest absolute Gasteiger partial charge is 0.273 e. The van der Waals surface area contributed by atoms with Crippen molar-refractivity contribution in [2.75, 3.05) is 26.3 Å². The van der Waals surface area contributed by atoms with Crippen LogP contribution in [0.2, 0.25) is 0 Å². The lowest BCUT2D eigenvalue weighted by atomic mass is 10.3. The van der Waals surface area contributed by atoms with Crippen molar-refractivity contribution >= 4 is 27.9 Å². The number of fused-ring (bicyclic) bond motifs is 1. The molecule has 0 bridgehead atoms. The molecule has 1 N–H and O–H groups in total. The van der Waals surface area contributed by atoms with E-state index in [1.54, 1.807) is 11.8 Å². The van der Waals surface area contributed by atoms with Crippen LogP contribution in [0.1, 0.15) is 19.3 Å². The normalized spacial score (nSPS) is 41.0. The highest BCUT2D eigenvalue weighted by Crippen LogP contribution is 2.54. The van der Waals surface area contributed by atoms with Gasteiger partial charge in [0, 0.05) is 0 Å². The average Bonchev–Trinajstić information content (AvgIpc) is 2.74. The number of hydrogen-bond donors (Lipinski definition) is 1. The molecule has 0 spiro atoms. The van der Waals surface area contributed by atoms with Crippen molar-refractivity contribution in [2.45, 2.75) is 29.4 Å². The van der Waals surface area contributed by atoms with E-state index in [4.69, 9.17) is 4.74 Å². The maximum Gasteiger partial charge on any atom is 0.273 e. The van der Waals surface area contributed by atoms with Gasteiger partial charge < -0.3 is 9.84 Å². The third kappa shape index (κ3) is 1.84. The van der Waals surface area contributed by atoms with Crippen LogP contribution >= 0.6 is 23.5 Å². The Morgan fingerprint density at radius 2 is 2.20 bits per heavy atom. The Labute approximate surface area is 98.3 Å². The van der Waals surface area contributed by atoms with E-state index in [1.165, 1.54) is 17.2 Å². The second kappa shape index (κ2) is 3.95. The summed E-state index contributed by atoms with van der Waals surface area (Å²) in [7, 11) is 0. The largest absolute Gasteiger partial charge is 0.378 e. The van der Waals surface area contributed by atoms with Crippen molar-refractivity contribution in [3.8, 4) is 0 Å². The molecule has 2 heterocycles. The number of morpholine rings is 1. The lowest BCUT2D eigenvalue weighted by Crippen LogP contribution is -2.31. The van der Waals surface area contributed by atoms with Crippen LogP contribution < -0.4 is 0 Å². The molecule has 1 saturated carbocycles. The first kappa shape index (κ1) is 10.4. The third-order valence-electron chi connectivity index (χ3n) is 3.28. The van der Waals surface area contributed by atoms with Crippen LogP contribution in [0.25, 0.3) is 0 Å².